The first-order valence-electron chi connectivity index (χ1n) is 8.99. The maximum atomic E-state index is 10.9. The highest BCUT2D eigenvalue weighted by molar-refractivity contribution is 5.75. The van der Waals surface area contributed by atoms with Crippen molar-refractivity contribution in [3.63, 3.8) is 0 Å². The number of nitrogens with two attached hydrogens (primary N) is 1. The van der Waals surface area contributed by atoms with Gasteiger partial charge in [-0.15, -0.1) is 0 Å². The van der Waals surface area contributed by atoms with Crippen molar-refractivity contribution in [1.82, 2.24) is 4.90 Å². The summed E-state index contributed by atoms with van der Waals surface area (Å²) in [6.45, 7) is 2.36. The van der Waals surface area contributed by atoms with Crippen LogP contribution in [0.15, 0.2) is 84.9 Å². The molecule has 0 aliphatic heterocycles. The zero-order valence-corrected chi connectivity index (χ0v) is 15.3. The fourth-order valence-corrected chi connectivity index (χ4v) is 3.00. The lowest BCUT2D eigenvalue weighted by atomic mass is 10.1. The first-order valence-corrected chi connectivity index (χ1v) is 8.99. The van der Waals surface area contributed by atoms with Crippen LogP contribution in [0.1, 0.15) is 16.7 Å². The van der Waals surface area contributed by atoms with Crippen molar-refractivity contribution in [2.24, 2.45) is 5.73 Å². The van der Waals surface area contributed by atoms with Crippen LogP contribution in [0.25, 0.3) is 0 Å². The number of primary amides is 1. The quantitative estimate of drug-likeness (QED) is 0.632. The van der Waals surface area contributed by atoms with E-state index in [0.29, 0.717) is 5.75 Å². The second kappa shape index (κ2) is 9.55. The lowest BCUT2D eigenvalue weighted by Crippen LogP contribution is -2.22. The molecule has 2 N–H and O–H groups in total. The number of carbonyl (C=O) groups is 1. The Morgan fingerprint density at radius 2 is 1.26 bits per heavy atom. The molecule has 0 bridgehead atoms. The molecule has 3 aromatic rings. The SMILES string of the molecule is NC(=O)COc1cccc(CN(Cc2ccccc2)Cc2ccccc2)c1. The largest absolute Gasteiger partial charge is 0.484 e. The van der Waals surface area contributed by atoms with Crippen LogP contribution < -0.4 is 10.5 Å². The van der Waals surface area contributed by atoms with E-state index in [1.807, 2.05) is 30.3 Å². The molecule has 0 saturated carbocycles. The lowest BCUT2D eigenvalue weighted by molar-refractivity contribution is -0.119. The first kappa shape index (κ1) is 18.7. The Hall–Kier alpha value is -3.11. The monoisotopic (exact) mass is 360 g/mol. The van der Waals surface area contributed by atoms with Crippen molar-refractivity contribution < 1.29 is 9.53 Å². The maximum absolute atomic E-state index is 10.9. The van der Waals surface area contributed by atoms with Crippen LogP contribution in [0.2, 0.25) is 0 Å². The maximum Gasteiger partial charge on any atom is 0.255 e. The minimum absolute atomic E-state index is 0.110. The van der Waals surface area contributed by atoms with Gasteiger partial charge >= 0.3 is 0 Å². The van der Waals surface area contributed by atoms with Crippen LogP contribution in [-0.2, 0) is 24.4 Å². The predicted molar refractivity (Wildman–Crippen MR) is 107 cm³/mol. The predicted octanol–water partition coefficient (Wildman–Crippen LogP) is 3.75. The van der Waals surface area contributed by atoms with Crippen molar-refractivity contribution >= 4 is 5.91 Å². The van der Waals surface area contributed by atoms with Crippen LogP contribution in [-0.4, -0.2) is 17.4 Å². The molecule has 0 unspecified atom stereocenters. The molecule has 0 aromatic heterocycles. The molecule has 0 aliphatic carbocycles. The van der Waals surface area contributed by atoms with Gasteiger partial charge in [-0.3, -0.25) is 9.69 Å². The van der Waals surface area contributed by atoms with E-state index in [1.165, 1.54) is 11.1 Å². The van der Waals surface area contributed by atoms with E-state index in [1.54, 1.807) is 0 Å². The van der Waals surface area contributed by atoms with Crippen molar-refractivity contribution in [2.45, 2.75) is 19.6 Å². The van der Waals surface area contributed by atoms with Crippen molar-refractivity contribution in [3.8, 4) is 5.75 Å². The van der Waals surface area contributed by atoms with Gasteiger partial charge in [0.1, 0.15) is 5.75 Å². The highest BCUT2D eigenvalue weighted by Gasteiger charge is 2.09. The van der Waals surface area contributed by atoms with Gasteiger partial charge in [0, 0.05) is 19.6 Å². The Morgan fingerprint density at radius 1 is 0.741 bits per heavy atom. The topological polar surface area (TPSA) is 55.6 Å². The zero-order chi connectivity index (χ0) is 18.9. The van der Waals surface area contributed by atoms with E-state index in [2.05, 4.69) is 59.5 Å². The molecule has 0 aliphatic rings. The number of benzene rings is 3. The summed E-state index contributed by atoms with van der Waals surface area (Å²) >= 11 is 0. The minimum atomic E-state index is -0.477. The molecule has 3 aromatic carbocycles. The number of ether oxygens (including phenoxy) is 1. The van der Waals surface area contributed by atoms with Gasteiger partial charge in [0.15, 0.2) is 6.61 Å². The fourth-order valence-electron chi connectivity index (χ4n) is 3.00. The molecule has 0 atom stereocenters. The summed E-state index contributed by atoms with van der Waals surface area (Å²) < 4.78 is 5.43. The Balaban J connectivity index is 1.74. The number of carbonyl (C=O) groups excluding carboxylic acids is 1. The van der Waals surface area contributed by atoms with E-state index in [-0.39, 0.29) is 6.61 Å². The Labute approximate surface area is 160 Å². The van der Waals surface area contributed by atoms with Crippen LogP contribution >= 0.6 is 0 Å². The van der Waals surface area contributed by atoms with Crippen molar-refractivity contribution in [1.29, 1.82) is 0 Å². The molecule has 3 rings (SSSR count). The van der Waals surface area contributed by atoms with Gasteiger partial charge in [-0.25, -0.2) is 0 Å². The summed E-state index contributed by atoms with van der Waals surface area (Å²) in [5.41, 5.74) is 8.83. The third kappa shape index (κ3) is 6.28. The molecule has 4 heteroatoms. The molecule has 4 nitrogen and oxygen atoms in total. The smallest absolute Gasteiger partial charge is 0.255 e. The van der Waals surface area contributed by atoms with Gasteiger partial charge < -0.3 is 10.5 Å². The van der Waals surface area contributed by atoms with E-state index < -0.39 is 5.91 Å². The van der Waals surface area contributed by atoms with Gasteiger partial charge in [-0.1, -0.05) is 72.8 Å². The summed E-state index contributed by atoms with van der Waals surface area (Å²) in [5.74, 6) is 0.181. The summed E-state index contributed by atoms with van der Waals surface area (Å²) in [7, 11) is 0. The molecule has 0 heterocycles. The summed E-state index contributed by atoms with van der Waals surface area (Å²) in [6.07, 6.45) is 0. The highest BCUT2D eigenvalue weighted by atomic mass is 16.5. The number of nitrogens with zero attached hydrogens (tertiary/aromatic N) is 1. The molecule has 0 radical (unpaired) electrons. The van der Waals surface area contributed by atoms with Crippen LogP contribution in [0, 0.1) is 0 Å². The number of hydrogen-bond donors (Lipinski definition) is 1. The molecule has 1 amide bonds. The minimum Gasteiger partial charge on any atom is -0.484 e. The average Bonchev–Trinajstić information content (AvgIpc) is 2.68. The molecule has 138 valence electrons. The number of amides is 1. The molecule has 0 fully saturated rings. The second-order valence-corrected chi connectivity index (χ2v) is 6.52. The molecule has 0 spiro atoms. The Kier molecular flexibility index (Phi) is 6.61. The summed E-state index contributed by atoms with van der Waals surface area (Å²) in [6, 6.07) is 28.7. The van der Waals surface area contributed by atoms with Crippen LogP contribution in [0.3, 0.4) is 0 Å². The third-order valence-electron chi connectivity index (χ3n) is 4.18. The standard InChI is InChI=1S/C23H24N2O2/c24-23(26)18-27-22-13-7-12-21(14-22)17-25(15-19-8-3-1-4-9-19)16-20-10-5-2-6-11-20/h1-14H,15-18H2,(H2,24,26). The van der Waals surface area contributed by atoms with Crippen molar-refractivity contribution in [2.75, 3.05) is 6.61 Å². The number of rotatable bonds is 9. The molecular formula is C23H24N2O2. The Bertz CT molecular complexity index is 809. The highest BCUT2D eigenvalue weighted by Crippen LogP contribution is 2.18. The van der Waals surface area contributed by atoms with Gasteiger partial charge in [0.05, 0.1) is 0 Å². The summed E-state index contributed by atoms with van der Waals surface area (Å²) in [4.78, 5) is 13.3. The number of hydrogen-bond acceptors (Lipinski definition) is 3. The van der Waals surface area contributed by atoms with Gasteiger partial charge in [-0.2, -0.15) is 0 Å². The Morgan fingerprint density at radius 3 is 1.81 bits per heavy atom. The zero-order valence-electron chi connectivity index (χ0n) is 15.3. The van der Waals surface area contributed by atoms with Gasteiger partial charge in [-0.05, 0) is 28.8 Å². The van der Waals surface area contributed by atoms with E-state index in [0.717, 1.165) is 25.2 Å². The normalized spacial score (nSPS) is 10.7. The lowest BCUT2D eigenvalue weighted by Gasteiger charge is -2.23. The fraction of sp³-hybridized carbons (Fsp3) is 0.174. The van der Waals surface area contributed by atoms with E-state index in [9.17, 15) is 4.79 Å². The molecule has 0 saturated heterocycles. The van der Waals surface area contributed by atoms with Crippen LogP contribution in [0.4, 0.5) is 0 Å². The molecule has 27 heavy (non-hydrogen) atoms. The second-order valence-electron chi connectivity index (χ2n) is 6.52. The molecular weight excluding hydrogens is 336 g/mol. The van der Waals surface area contributed by atoms with E-state index in [4.69, 9.17) is 10.5 Å². The average molecular weight is 360 g/mol. The summed E-state index contributed by atoms with van der Waals surface area (Å²) in [5, 5.41) is 0. The van der Waals surface area contributed by atoms with Crippen LogP contribution in [0.5, 0.6) is 5.75 Å². The third-order valence-corrected chi connectivity index (χ3v) is 4.18. The van der Waals surface area contributed by atoms with E-state index >= 15 is 0 Å². The first-order chi connectivity index (χ1) is 13.2. The van der Waals surface area contributed by atoms with Gasteiger partial charge in [0.25, 0.3) is 5.91 Å². The van der Waals surface area contributed by atoms with Crippen molar-refractivity contribution in [3.05, 3.63) is 102 Å². The van der Waals surface area contributed by atoms with Gasteiger partial charge in [0.2, 0.25) is 0 Å².